The minimum atomic E-state index is -1.01. The number of carbonyl (C=O) groups is 2. The van der Waals surface area contributed by atoms with E-state index in [9.17, 15) is 9.59 Å². The van der Waals surface area contributed by atoms with Crippen molar-refractivity contribution in [3.63, 3.8) is 0 Å². The zero-order chi connectivity index (χ0) is 16.3. The zero-order valence-corrected chi connectivity index (χ0v) is 12.8. The lowest BCUT2D eigenvalue weighted by Crippen LogP contribution is -2.50. The summed E-state index contributed by atoms with van der Waals surface area (Å²) in [6.45, 7) is 0. The molecule has 2 N–H and O–H groups in total. The van der Waals surface area contributed by atoms with E-state index in [1.54, 1.807) is 12.1 Å². The summed E-state index contributed by atoms with van der Waals surface area (Å²) < 4.78 is 0. The fourth-order valence-corrected chi connectivity index (χ4v) is 3.08. The molecular weight excluding hydrogens is 290 g/mol. The first kappa shape index (κ1) is 15.3. The number of nitrogens with one attached hydrogen (secondary N) is 1. The number of amides is 1. The molecule has 2 aromatic rings. The van der Waals surface area contributed by atoms with Gasteiger partial charge in [0, 0.05) is 12.0 Å². The Kier molecular flexibility index (Phi) is 4.15. The Balaban J connectivity index is 1.74. The molecule has 0 atom stereocenters. The average Bonchev–Trinajstić information content (AvgIpc) is 2.52. The fraction of sp³-hybridized carbons (Fsp3) is 0.263. The molecule has 0 radical (unpaired) electrons. The van der Waals surface area contributed by atoms with Crippen LogP contribution in [-0.2, 0) is 12.0 Å². The highest BCUT2D eigenvalue weighted by atomic mass is 16.4. The van der Waals surface area contributed by atoms with Gasteiger partial charge < -0.3 is 10.4 Å². The summed E-state index contributed by atoms with van der Waals surface area (Å²) in [6.07, 6.45) is 1.98. The van der Waals surface area contributed by atoms with Gasteiger partial charge in [-0.25, -0.2) is 4.79 Å². The largest absolute Gasteiger partial charge is 0.465 e. The molecule has 4 heteroatoms. The van der Waals surface area contributed by atoms with Crippen LogP contribution in [0.1, 0.15) is 40.7 Å². The molecule has 4 nitrogen and oxygen atoms in total. The minimum Gasteiger partial charge on any atom is -0.465 e. The lowest BCUT2D eigenvalue weighted by Gasteiger charge is -2.42. The van der Waals surface area contributed by atoms with E-state index in [0.29, 0.717) is 12.0 Å². The third-order valence-corrected chi connectivity index (χ3v) is 4.52. The van der Waals surface area contributed by atoms with E-state index in [2.05, 4.69) is 5.32 Å². The van der Waals surface area contributed by atoms with Gasteiger partial charge >= 0.3 is 6.09 Å². The van der Waals surface area contributed by atoms with Gasteiger partial charge in [-0.05, 0) is 30.4 Å². The minimum absolute atomic E-state index is 0.0663. The number of carboxylic acid groups (broad SMARTS) is 1. The van der Waals surface area contributed by atoms with Crippen molar-refractivity contribution in [3.05, 3.63) is 71.3 Å². The van der Waals surface area contributed by atoms with Crippen molar-refractivity contribution < 1.29 is 14.7 Å². The van der Waals surface area contributed by atoms with Gasteiger partial charge in [0.2, 0.25) is 0 Å². The number of Topliss-reactive ketones (excluding diaryl/α,β-unsaturated/α-hetero) is 1. The Morgan fingerprint density at radius 1 is 1.00 bits per heavy atom. The van der Waals surface area contributed by atoms with E-state index < -0.39 is 11.6 Å². The van der Waals surface area contributed by atoms with Crippen molar-refractivity contribution in [1.29, 1.82) is 0 Å². The third kappa shape index (κ3) is 3.26. The molecule has 0 aliphatic heterocycles. The predicted octanol–water partition coefficient (Wildman–Crippen LogP) is 3.76. The summed E-state index contributed by atoms with van der Waals surface area (Å²) in [6, 6.07) is 17.0. The highest BCUT2D eigenvalue weighted by Crippen LogP contribution is 2.41. The molecule has 3 rings (SSSR count). The van der Waals surface area contributed by atoms with Crippen molar-refractivity contribution in [2.45, 2.75) is 31.2 Å². The highest BCUT2D eigenvalue weighted by Gasteiger charge is 2.40. The van der Waals surface area contributed by atoms with E-state index in [4.69, 9.17) is 5.11 Å². The number of rotatable bonds is 5. The van der Waals surface area contributed by atoms with Crippen molar-refractivity contribution in [1.82, 2.24) is 5.32 Å². The van der Waals surface area contributed by atoms with E-state index in [-0.39, 0.29) is 5.78 Å². The van der Waals surface area contributed by atoms with Gasteiger partial charge in [-0.3, -0.25) is 4.79 Å². The van der Waals surface area contributed by atoms with Gasteiger partial charge in [0.1, 0.15) is 0 Å². The quantitative estimate of drug-likeness (QED) is 0.826. The summed E-state index contributed by atoms with van der Waals surface area (Å²) in [5.41, 5.74) is 2.10. The molecule has 1 saturated carbocycles. The normalized spacial score (nSPS) is 15.5. The highest BCUT2D eigenvalue weighted by molar-refractivity contribution is 5.97. The van der Waals surface area contributed by atoms with Crippen LogP contribution in [0.15, 0.2) is 54.6 Å². The SMILES string of the molecule is O=C(O)NC1(c2ccc(C(=O)Cc3ccccc3)cc2)CCC1. The lowest BCUT2D eigenvalue weighted by molar-refractivity contribution is 0.0992. The Bertz CT molecular complexity index is 703. The van der Waals surface area contributed by atoms with E-state index in [0.717, 1.165) is 30.4 Å². The number of ketones is 1. The summed E-state index contributed by atoms with van der Waals surface area (Å²) in [5, 5.41) is 11.6. The van der Waals surface area contributed by atoms with Gasteiger partial charge in [0.25, 0.3) is 0 Å². The van der Waals surface area contributed by atoms with Crippen LogP contribution >= 0.6 is 0 Å². The van der Waals surface area contributed by atoms with Crippen LogP contribution in [0, 0.1) is 0 Å². The molecule has 0 saturated heterocycles. The monoisotopic (exact) mass is 309 g/mol. The second-order valence-electron chi connectivity index (χ2n) is 6.03. The van der Waals surface area contributed by atoms with Crippen LogP contribution in [-0.4, -0.2) is 17.0 Å². The second kappa shape index (κ2) is 6.24. The van der Waals surface area contributed by atoms with Gasteiger partial charge in [0.05, 0.1) is 5.54 Å². The smallest absolute Gasteiger partial charge is 0.405 e. The zero-order valence-electron chi connectivity index (χ0n) is 12.8. The van der Waals surface area contributed by atoms with Crippen molar-refractivity contribution in [2.24, 2.45) is 0 Å². The van der Waals surface area contributed by atoms with Crippen LogP contribution in [0.2, 0.25) is 0 Å². The van der Waals surface area contributed by atoms with E-state index in [1.807, 2.05) is 42.5 Å². The summed E-state index contributed by atoms with van der Waals surface area (Å²) >= 11 is 0. The molecule has 2 aromatic carbocycles. The Morgan fingerprint density at radius 2 is 1.65 bits per heavy atom. The first-order valence-electron chi connectivity index (χ1n) is 7.78. The maximum atomic E-state index is 12.3. The van der Waals surface area contributed by atoms with Crippen LogP contribution in [0.3, 0.4) is 0 Å². The van der Waals surface area contributed by atoms with Crippen molar-refractivity contribution in [3.8, 4) is 0 Å². The Labute approximate surface area is 135 Å². The molecule has 23 heavy (non-hydrogen) atoms. The van der Waals surface area contributed by atoms with Gasteiger partial charge in [-0.2, -0.15) is 0 Å². The molecule has 0 spiro atoms. The molecule has 1 fully saturated rings. The molecule has 0 heterocycles. The van der Waals surface area contributed by atoms with E-state index >= 15 is 0 Å². The first-order chi connectivity index (χ1) is 11.1. The molecule has 0 bridgehead atoms. The van der Waals surface area contributed by atoms with Crippen LogP contribution < -0.4 is 5.32 Å². The molecule has 1 aliphatic carbocycles. The van der Waals surface area contributed by atoms with Crippen LogP contribution in [0.5, 0.6) is 0 Å². The van der Waals surface area contributed by atoms with E-state index in [1.165, 1.54) is 0 Å². The topological polar surface area (TPSA) is 66.4 Å². The standard InChI is InChI=1S/C19H19NO3/c21-17(13-14-5-2-1-3-6-14)15-7-9-16(10-8-15)19(11-4-12-19)20-18(22)23/h1-3,5-10,20H,4,11-13H2,(H,22,23). The summed E-state index contributed by atoms with van der Waals surface area (Å²) in [4.78, 5) is 23.3. The van der Waals surface area contributed by atoms with Crippen molar-refractivity contribution >= 4 is 11.9 Å². The summed E-state index contributed by atoms with van der Waals surface area (Å²) in [7, 11) is 0. The Morgan fingerprint density at radius 3 is 2.17 bits per heavy atom. The number of benzene rings is 2. The lowest BCUT2D eigenvalue weighted by atomic mass is 9.71. The molecule has 118 valence electrons. The maximum absolute atomic E-state index is 12.3. The maximum Gasteiger partial charge on any atom is 0.405 e. The van der Waals surface area contributed by atoms with Gasteiger partial charge in [-0.1, -0.05) is 54.6 Å². The Hall–Kier alpha value is -2.62. The van der Waals surface area contributed by atoms with Crippen molar-refractivity contribution in [2.75, 3.05) is 0 Å². The number of hydrogen-bond donors (Lipinski definition) is 2. The second-order valence-corrected chi connectivity index (χ2v) is 6.03. The first-order valence-corrected chi connectivity index (χ1v) is 7.78. The fourth-order valence-electron chi connectivity index (χ4n) is 3.08. The average molecular weight is 309 g/mol. The van der Waals surface area contributed by atoms with Gasteiger partial charge in [-0.15, -0.1) is 0 Å². The number of hydrogen-bond acceptors (Lipinski definition) is 2. The van der Waals surface area contributed by atoms with Gasteiger partial charge in [0.15, 0.2) is 5.78 Å². The molecule has 0 aromatic heterocycles. The third-order valence-electron chi connectivity index (χ3n) is 4.52. The summed E-state index contributed by atoms with van der Waals surface area (Å²) in [5.74, 6) is 0.0663. The van der Waals surface area contributed by atoms with Crippen LogP contribution in [0.4, 0.5) is 4.79 Å². The van der Waals surface area contributed by atoms with Crippen LogP contribution in [0.25, 0.3) is 0 Å². The number of carbonyl (C=O) groups excluding carboxylic acids is 1. The molecular formula is C19H19NO3. The molecule has 0 unspecified atom stereocenters. The molecule has 1 amide bonds. The molecule has 1 aliphatic rings. The predicted molar refractivity (Wildman–Crippen MR) is 87.6 cm³/mol.